The number of rotatable bonds is 5. The molecule has 0 saturated carbocycles. The summed E-state index contributed by atoms with van der Waals surface area (Å²) < 4.78 is 37.0. The Bertz CT molecular complexity index is 550. The molecule has 1 amide bonds. The van der Waals surface area contributed by atoms with Crippen LogP contribution in [-0.4, -0.2) is 39.1 Å². The van der Waals surface area contributed by atoms with Gasteiger partial charge >= 0.3 is 0 Å². The van der Waals surface area contributed by atoms with Crippen LogP contribution >= 0.6 is 0 Å². The smallest absolute Gasteiger partial charge is 0.222 e. The molecule has 2 N–H and O–H groups in total. The Kier molecular flexibility index (Phi) is 4.88. The highest BCUT2D eigenvalue weighted by Crippen LogP contribution is 2.18. The number of sulfone groups is 1. The van der Waals surface area contributed by atoms with Gasteiger partial charge in [0.1, 0.15) is 5.82 Å². The van der Waals surface area contributed by atoms with Gasteiger partial charge in [0.25, 0.3) is 0 Å². The Morgan fingerprint density at radius 1 is 1.32 bits per heavy atom. The van der Waals surface area contributed by atoms with Crippen molar-refractivity contribution >= 4 is 21.4 Å². The number of nitrogens with zero attached hydrogens (tertiary/aromatic N) is 1. The number of hydrogen-bond acceptors (Lipinski definition) is 4. The van der Waals surface area contributed by atoms with Crippen LogP contribution < -0.4 is 5.73 Å². The van der Waals surface area contributed by atoms with E-state index in [0.29, 0.717) is 0 Å². The summed E-state index contributed by atoms with van der Waals surface area (Å²) in [6, 6.07) is 3.19. The number of benzene rings is 1. The van der Waals surface area contributed by atoms with Crippen LogP contribution in [0.4, 0.5) is 10.1 Å². The first kappa shape index (κ1) is 15.4. The second-order valence-electron chi connectivity index (χ2n) is 4.43. The van der Waals surface area contributed by atoms with Gasteiger partial charge in [0.05, 0.1) is 10.6 Å². The highest BCUT2D eigenvalue weighted by molar-refractivity contribution is 7.91. The fourth-order valence-electron chi connectivity index (χ4n) is 1.52. The van der Waals surface area contributed by atoms with Crippen LogP contribution in [0.25, 0.3) is 0 Å². The van der Waals surface area contributed by atoms with Gasteiger partial charge in [-0.25, -0.2) is 12.8 Å². The Morgan fingerprint density at radius 2 is 1.95 bits per heavy atom. The molecule has 0 aliphatic rings. The van der Waals surface area contributed by atoms with Crippen molar-refractivity contribution in [1.29, 1.82) is 0 Å². The molecule has 0 spiro atoms. The van der Waals surface area contributed by atoms with Crippen LogP contribution in [0.5, 0.6) is 0 Å². The van der Waals surface area contributed by atoms with E-state index in [0.717, 1.165) is 12.1 Å². The number of anilines is 1. The SMILES string of the molecule is CN(C)C(=O)CCCS(=O)(=O)c1cc(N)cc(F)c1. The summed E-state index contributed by atoms with van der Waals surface area (Å²) in [6.07, 6.45) is 0.326. The van der Waals surface area contributed by atoms with E-state index in [-0.39, 0.29) is 35.1 Å². The third kappa shape index (κ3) is 4.51. The van der Waals surface area contributed by atoms with Gasteiger partial charge in [-0.1, -0.05) is 0 Å². The van der Waals surface area contributed by atoms with E-state index < -0.39 is 15.7 Å². The number of nitrogen functional groups attached to an aromatic ring is 1. The lowest BCUT2D eigenvalue weighted by molar-refractivity contribution is -0.128. The van der Waals surface area contributed by atoms with E-state index in [1.807, 2.05) is 0 Å². The lowest BCUT2D eigenvalue weighted by Crippen LogP contribution is -2.22. The van der Waals surface area contributed by atoms with E-state index >= 15 is 0 Å². The number of amides is 1. The maximum absolute atomic E-state index is 13.1. The van der Waals surface area contributed by atoms with Gasteiger partial charge in [-0.3, -0.25) is 4.79 Å². The van der Waals surface area contributed by atoms with Crippen molar-refractivity contribution in [2.45, 2.75) is 17.7 Å². The fraction of sp³-hybridized carbons (Fsp3) is 0.417. The molecule has 19 heavy (non-hydrogen) atoms. The largest absolute Gasteiger partial charge is 0.399 e. The van der Waals surface area contributed by atoms with Gasteiger partial charge in [0.2, 0.25) is 5.91 Å². The second kappa shape index (κ2) is 6.01. The Morgan fingerprint density at radius 3 is 2.47 bits per heavy atom. The maximum atomic E-state index is 13.1. The van der Waals surface area contributed by atoms with Crippen molar-refractivity contribution in [3.8, 4) is 0 Å². The lowest BCUT2D eigenvalue weighted by Gasteiger charge is -2.10. The quantitative estimate of drug-likeness (QED) is 0.821. The average molecular weight is 288 g/mol. The molecule has 1 rings (SSSR count). The summed E-state index contributed by atoms with van der Waals surface area (Å²) in [7, 11) is -0.415. The monoisotopic (exact) mass is 288 g/mol. The summed E-state index contributed by atoms with van der Waals surface area (Å²) in [6.45, 7) is 0. The summed E-state index contributed by atoms with van der Waals surface area (Å²) in [5.41, 5.74) is 5.47. The van der Waals surface area contributed by atoms with Crippen LogP contribution in [0.15, 0.2) is 23.1 Å². The van der Waals surface area contributed by atoms with Crippen molar-refractivity contribution in [2.75, 3.05) is 25.6 Å². The Labute approximate surface area is 112 Å². The summed E-state index contributed by atoms with van der Waals surface area (Å²) in [5.74, 6) is -1.05. The zero-order chi connectivity index (χ0) is 14.6. The lowest BCUT2D eigenvalue weighted by atomic mass is 10.3. The van der Waals surface area contributed by atoms with Crippen LogP contribution in [-0.2, 0) is 14.6 Å². The van der Waals surface area contributed by atoms with Gasteiger partial charge in [-0.05, 0) is 24.6 Å². The molecule has 0 aromatic heterocycles. The van der Waals surface area contributed by atoms with Crippen LogP contribution in [0.1, 0.15) is 12.8 Å². The maximum Gasteiger partial charge on any atom is 0.222 e. The third-order valence-corrected chi connectivity index (χ3v) is 4.34. The molecule has 0 fully saturated rings. The molecule has 0 radical (unpaired) electrons. The van der Waals surface area contributed by atoms with Crippen LogP contribution in [0.3, 0.4) is 0 Å². The number of halogens is 1. The predicted octanol–water partition coefficient (Wildman–Crippen LogP) is 1.05. The minimum atomic E-state index is -3.62. The van der Waals surface area contributed by atoms with E-state index in [1.165, 1.54) is 11.0 Å². The molecule has 0 heterocycles. The number of carbonyl (C=O) groups excluding carboxylic acids is 1. The molecular weight excluding hydrogens is 271 g/mol. The van der Waals surface area contributed by atoms with E-state index in [2.05, 4.69) is 0 Å². The molecular formula is C12H17FN2O3S. The minimum Gasteiger partial charge on any atom is -0.399 e. The number of hydrogen-bond donors (Lipinski definition) is 1. The molecule has 0 aliphatic heterocycles. The van der Waals surface area contributed by atoms with Gasteiger partial charge in [-0.15, -0.1) is 0 Å². The van der Waals surface area contributed by atoms with Crippen molar-refractivity contribution in [3.63, 3.8) is 0 Å². The molecule has 7 heteroatoms. The van der Waals surface area contributed by atoms with Gasteiger partial charge in [-0.2, -0.15) is 0 Å². The fourth-order valence-corrected chi connectivity index (χ4v) is 2.89. The summed E-state index contributed by atoms with van der Waals surface area (Å²) >= 11 is 0. The molecule has 5 nitrogen and oxygen atoms in total. The summed E-state index contributed by atoms with van der Waals surface area (Å²) in [4.78, 5) is 12.6. The number of nitrogens with two attached hydrogens (primary N) is 1. The van der Waals surface area contributed by atoms with E-state index in [1.54, 1.807) is 14.1 Å². The zero-order valence-corrected chi connectivity index (χ0v) is 11.7. The minimum absolute atomic E-state index is 0.0583. The van der Waals surface area contributed by atoms with Crippen molar-refractivity contribution < 1.29 is 17.6 Å². The van der Waals surface area contributed by atoms with E-state index in [4.69, 9.17) is 5.73 Å². The van der Waals surface area contributed by atoms with Crippen molar-refractivity contribution in [1.82, 2.24) is 4.90 Å². The predicted molar refractivity (Wildman–Crippen MR) is 70.8 cm³/mol. The molecule has 1 aromatic carbocycles. The topological polar surface area (TPSA) is 80.5 Å². The van der Waals surface area contributed by atoms with Gasteiger partial charge < -0.3 is 10.6 Å². The average Bonchev–Trinajstić information content (AvgIpc) is 2.27. The molecule has 0 bridgehead atoms. The first-order chi connectivity index (χ1) is 8.72. The normalized spacial score (nSPS) is 11.3. The molecule has 1 aromatic rings. The standard InChI is InChI=1S/C12H17FN2O3S/c1-15(2)12(16)4-3-5-19(17,18)11-7-9(13)6-10(14)8-11/h6-8H,3-5,14H2,1-2H3. The highest BCUT2D eigenvalue weighted by Gasteiger charge is 2.17. The molecule has 0 saturated heterocycles. The molecule has 0 unspecified atom stereocenters. The first-order valence-electron chi connectivity index (χ1n) is 5.71. The third-order valence-electron chi connectivity index (χ3n) is 2.56. The Balaban J connectivity index is 2.74. The van der Waals surface area contributed by atoms with E-state index in [9.17, 15) is 17.6 Å². The summed E-state index contributed by atoms with van der Waals surface area (Å²) in [5, 5.41) is 0. The number of carbonyl (C=O) groups is 1. The Hall–Kier alpha value is -1.63. The first-order valence-corrected chi connectivity index (χ1v) is 7.36. The molecule has 106 valence electrons. The molecule has 0 aliphatic carbocycles. The zero-order valence-electron chi connectivity index (χ0n) is 10.9. The van der Waals surface area contributed by atoms with Crippen LogP contribution in [0, 0.1) is 5.82 Å². The second-order valence-corrected chi connectivity index (χ2v) is 6.54. The highest BCUT2D eigenvalue weighted by atomic mass is 32.2. The molecule has 0 atom stereocenters. The van der Waals surface area contributed by atoms with Gasteiger partial charge in [0, 0.05) is 26.2 Å². The van der Waals surface area contributed by atoms with Crippen molar-refractivity contribution in [2.24, 2.45) is 0 Å². The van der Waals surface area contributed by atoms with Crippen LogP contribution in [0.2, 0.25) is 0 Å². The van der Waals surface area contributed by atoms with Gasteiger partial charge in [0.15, 0.2) is 9.84 Å². The van der Waals surface area contributed by atoms with Crippen molar-refractivity contribution in [3.05, 3.63) is 24.0 Å².